The summed E-state index contributed by atoms with van der Waals surface area (Å²) in [4.78, 5) is 35.1. The molecule has 1 aromatic carbocycles. The summed E-state index contributed by atoms with van der Waals surface area (Å²) in [7, 11) is 0. The number of thiophene rings is 1. The molecule has 1 saturated heterocycles. The van der Waals surface area contributed by atoms with Crippen molar-refractivity contribution in [3.8, 4) is 11.1 Å². The Bertz CT molecular complexity index is 1090. The highest BCUT2D eigenvalue weighted by Gasteiger charge is 2.29. The van der Waals surface area contributed by atoms with Crippen LogP contribution in [0.3, 0.4) is 0 Å². The Morgan fingerprint density at radius 1 is 1.24 bits per heavy atom. The van der Waals surface area contributed by atoms with E-state index < -0.39 is 0 Å². The Hall–Kier alpha value is -2.67. The third-order valence-corrected chi connectivity index (χ3v) is 6.82. The van der Waals surface area contributed by atoms with Crippen LogP contribution in [0.5, 0.6) is 0 Å². The first-order valence-corrected chi connectivity index (χ1v) is 11.2. The molecule has 3 heterocycles. The quantitative estimate of drug-likeness (QED) is 0.678. The number of rotatable bonds is 5. The molecule has 1 atom stereocenters. The molecule has 29 heavy (non-hydrogen) atoms. The van der Waals surface area contributed by atoms with Crippen LogP contribution in [0.4, 0.5) is 5.95 Å². The molecule has 2 fully saturated rings. The number of nitrogens with zero attached hydrogens (tertiary/aromatic N) is 2. The van der Waals surface area contributed by atoms with E-state index in [9.17, 15) is 9.59 Å². The number of benzene rings is 1. The largest absolute Gasteiger partial charge is 0.356 e. The van der Waals surface area contributed by atoms with Gasteiger partial charge in [0.05, 0.1) is 11.4 Å². The van der Waals surface area contributed by atoms with Crippen LogP contribution in [0.1, 0.15) is 25.7 Å². The number of hydrogen-bond acceptors (Lipinski definition) is 5. The van der Waals surface area contributed by atoms with Crippen LogP contribution >= 0.6 is 11.3 Å². The van der Waals surface area contributed by atoms with Crippen molar-refractivity contribution in [1.82, 2.24) is 15.3 Å². The number of carbonyl (C=O) groups excluding carboxylic acids is 1. The number of carbonyl (C=O) groups is 1. The van der Waals surface area contributed by atoms with Crippen molar-refractivity contribution in [2.75, 3.05) is 24.5 Å². The number of amides is 1. The number of fused-ring (bicyclic) bond motifs is 1. The van der Waals surface area contributed by atoms with Crippen LogP contribution in [0.25, 0.3) is 21.3 Å². The maximum atomic E-state index is 12.7. The lowest BCUT2D eigenvalue weighted by molar-refractivity contribution is -0.125. The van der Waals surface area contributed by atoms with Gasteiger partial charge in [0.25, 0.3) is 5.56 Å². The van der Waals surface area contributed by atoms with Crippen LogP contribution < -0.4 is 15.8 Å². The molecule has 150 valence electrons. The van der Waals surface area contributed by atoms with Gasteiger partial charge in [-0.15, -0.1) is 11.3 Å². The van der Waals surface area contributed by atoms with E-state index in [4.69, 9.17) is 4.98 Å². The number of piperidine rings is 1. The van der Waals surface area contributed by atoms with Crippen LogP contribution in [0.2, 0.25) is 0 Å². The van der Waals surface area contributed by atoms with Gasteiger partial charge >= 0.3 is 0 Å². The van der Waals surface area contributed by atoms with Gasteiger partial charge in [0, 0.05) is 30.6 Å². The predicted octanol–water partition coefficient (Wildman–Crippen LogP) is 3.39. The number of hydrogen-bond donors (Lipinski definition) is 2. The first-order valence-electron chi connectivity index (χ1n) is 10.3. The number of aromatic amines is 1. The second-order valence-electron chi connectivity index (χ2n) is 8.06. The fourth-order valence-electron chi connectivity index (χ4n) is 3.98. The van der Waals surface area contributed by atoms with Gasteiger partial charge in [0.2, 0.25) is 11.9 Å². The van der Waals surface area contributed by atoms with Crippen LogP contribution in [-0.2, 0) is 4.79 Å². The van der Waals surface area contributed by atoms with Crippen molar-refractivity contribution >= 4 is 33.4 Å². The van der Waals surface area contributed by atoms with Crippen molar-refractivity contribution in [2.45, 2.75) is 25.7 Å². The van der Waals surface area contributed by atoms with Gasteiger partial charge in [-0.05, 0) is 37.2 Å². The first kappa shape index (κ1) is 18.4. The maximum absolute atomic E-state index is 12.7. The van der Waals surface area contributed by atoms with Crippen molar-refractivity contribution in [1.29, 1.82) is 0 Å². The normalized spacial score (nSPS) is 19.4. The molecule has 1 aliphatic heterocycles. The highest BCUT2D eigenvalue weighted by atomic mass is 32.1. The first-order chi connectivity index (χ1) is 14.2. The van der Waals surface area contributed by atoms with E-state index in [1.54, 1.807) is 0 Å². The third-order valence-electron chi connectivity index (χ3n) is 5.85. The van der Waals surface area contributed by atoms with Gasteiger partial charge in [-0.1, -0.05) is 30.3 Å². The van der Waals surface area contributed by atoms with Crippen molar-refractivity contribution < 1.29 is 4.79 Å². The maximum Gasteiger partial charge on any atom is 0.270 e. The summed E-state index contributed by atoms with van der Waals surface area (Å²) in [5.74, 6) is 1.32. The van der Waals surface area contributed by atoms with E-state index in [1.807, 2.05) is 35.7 Å². The molecule has 1 saturated carbocycles. The zero-order valence-corrected chi connectivity index (χ0v) is 17.0. The summed E-state index contributed by atoms with van der Waals surface area (Å²) in [5, 5.41) is 5.09. The molecule has 1 amide bonds. The van der Waals surface area contributed by atoms with E-state index in [0.717, 1.165) is 42.6 Å². The van der Waals surface area contributed by atoms with E-state index in [0.29, 0.717) is 23.1 Å². The average Bonchev–Trinajstić information content (AvgIpc) is 3.49. The Labute approximate surface area is 173 Å². The zero-order chi connectivity index (χ0) is 19.8. The van der Waals surface area contributed by atoms with E-state index in [-0.39, 0.29) is 17.4 Å². The second kappa shape index (κ2) is 7.63. The third kappa shape index (κ3) is 3.79. The minimum Gasteiger partial charge on any atom is -0.356 e. The van der Waals surface area contributed by atoms with Crippen molar-refractivity contribution in [3.63, 3.8) is 0 Å². The van der Waals surface area contributed by atoms with E-state index in [1.165, 1.54) is 24.2 Å². The predicted molar refractivity (Wildman–Crippen MR) is 116 cm³/mol. The fourth-order valence-corrected chi connectivity index (χ4v) is 4.89. The molecule has 0 bridgehead atoms. The SMILES string of the molecule is O=C(NCC1CC1)[C@H]1CCCN(c2nc3c(-c4ccccc4)csc3c(=O)[nH]2)C1. The number of aromatic nitrogens is 2. The lowest BCUT2D eigenvalue weighted by Crippen LogP contribution is -2.44. The fraction of sp³-hybridized carbons (Fsp3) is 0.409. The van der Waals surface area contributed by atoms with E-state index >= 15 is 0 Å². The average molecular weight is 409 g/mol. The Balaban J connectivity index is 1.42. The summed E-state index contributed by atoms with van der Waals surface area (Å²) in [6.07, 6.45) is 4.25. The molecule has 2 aromatic heterocycles. The number of anilines is 1. The van der Waals surface area contributed by atoms with Gasteiger partial charge in [0.15, 0.2) is 0 Å². The second-order valence-corrected chi connectivity index (χ2v) is 8.94. The summed E-state index contributed by atoms with van der Waals surface area (Å²) < 4.78 is 0.642. The highest BCUT2D eigenvalue weighted by molar-refractivity contribution is 7.17. The smallest absolute Gasteiger partial charge is 0.270 e. The Kier molecular flexibility index (Phi) is 4.83. The van der Waals surface area contributed by atoms with Gasteiger partial charge < -0.3 is 10.2 Å². The molecule has 6 nitrogen and oxygen atoms in total. The van der Waals surface area contributed by atoms with Crippen LogP contribution in [-0.4, -0.2) is 35.5 Å². The molecule has 2 aliphatic rings. The molecule has 3 aromatic rings. The number of H-pyrrole nitrogens is 1. The molecule has 5 rings (SSSR count). The minimum atomic E-state index is -0.113. The molecule has 1 aliphatic carbocycles. The molecule has 7 heteroatoms. The molecule has 0 spiro atoms. The van der Waals surface area contributed by atoms with Gasteiger partial charge in [-0.3, -0.25) is 14.6 Å². The van der Waals surface area contributed by atoms with Crippen molar-refractivity contribution in [3.05, 3.63) is 46.1 Å². The standard InChI is InChI=1S/C22H24N4O2S/c27-20(23-11-14-8-9-14)16-7-4-10-26(12-16)22-24-18-17(15-5-2-1-3-6-15)13-29-19(18)21(28)25-22/h1-3,5-6,13-14,16H,4,7-12H2,(H,23,27)(H,24,25,28)/t16-/m0/s1. The molecular formula is C22H24N4O2S. The summed E-state index contributed by atoms with van der Waals surface area (Å²) >= 11 is 1.42. The lowest BCUT2D eigenvalue weighted by Gasteiger charge is -2.32. The summed E-state index contributed by atoms with van der Waals surface area (Å²) in [5.41, 5.74) is 2.66. The summed E-state index contributed by atoms with van der Waals surface area (Å²) in [6, 6.07) is 10.0. The molecule has 2 N–H and O–H groups in total. The topological polar surface area (TPSA) is 78.1 Å². The van der Waals surface area contributed by atoms with E-state index in [2.05, 4.69) is 15.2 Å². The number of nitrogens with one attached hydrogen (secondary N) is 2. The molecule has 0 radical (unpaired) electrons. The van der Waals surface area contributed by atoms with Gasteiger partial charge in [-0.2, -0.15) is 0 Å². The lowest BCUT2D eigenvalue weighted by atomic mass is 9.97. The minimum absolute atomic E-state index is 0.0560. The summed E-state index contributed by atoms with van der Waals surface area (Å²) in [6.45, 7) is 2.19. The van der Waals surface area contributed by atoms with Crippen LogP contribution in [0, 0.1) is 11.8 Å². The monoisotopic (exact) mass is 408 g/mol. The molecular weight excluding hydrogens is 384 g/mol. The Morgan fingerprint density at radius 2 is 2.07 bits per heavy atom. The zero-order valence-electron chi connectivity index (χ0n) is 16.2. The van der Waals surface area contributed by atoms with Crippen LogP contribution in [0.15, 0.2) is 40.5 Å². The van der Waals surface area contributed by atoms with Gasteiger partial charge in [0.1, 0.15) is 4.70 Å². The Morgan fingerprint density at radius 3 is 2.86 bits per heavy atom. The van der Waals surface area contributed by atoms with Crippen molar-refractivity contribution in [2.24, 2.45) is 11.8 Å². The van der Waals surface area contributed by atoms with Gasteiger partial charge in [-0.25, -0.2) is 4.98 Å². The molecule has 0 unspecified atom stereocenters. The highest BCUT2D eigenvalue weighted by Crippen LogP contribution is 2.32.